The van der Waals surface area contributed by atoms with Gasteiger partial charge in [0.1, 0.15) is 0 Å². The highest BCUT2D eigenvalue weighted by molar-refractivity contribution is 7.89. The summed E-state index contributed by atoms with van der Waals surface area (Å²) in [4.78, 5) is 5.19. The smallest absolute Gasteiger partial charge is 0.240 e. The average molecular weight is 394 g/mol. The molecule has 2 fully saturated rings. The molecular weight excluding hydrogens is 362 g/mol. The number of hydrogen-bond acceptors (Lipinski definition) is 5. The summed E-state index contributed by atoms with van der Waals surface area (Å²) >= 11 is 0. The van der Waals surface area contributed by atoms with E-state index in [9.17, 15) is 8.42 Å². The zero-order chi connectivity index (χ0) is 18.9. The van der Waals surface area contributed by atoms with Crippen molar-refractivity contribution >= 4 is 10.0 Å². The number of nitrogens with one attached hydrogen (secondary N) is 1. The lowest BCUT2D eigenvalue weighted by Gasteiger charge is -2.49. The summed E-state index contributed by atoms with van der Waals surface area (Å²) in [6.07, 6.45) is 5.14. The number of morpholine rings is 1. The molecule has 2 heterocycles. The van der Waals surface area contributed by atoms with Crippen LogP contribution in [0.15, 0.2) is 23.1 Å². The minimum atomic E-state index is -3.49. The second-order valence-electron chi connectivity index (χ2n) is 8.24. The van der Waals surface area contributed by atoms with Crippen LogP contribution in [0.25, 0.3) is 0 Å². The molecule has 3 aliphatic rings. The summed E-state index contributed by atoms with van der Waals surface area (Å²) in [6, 6.07) is 5.63. The second kappa shape index (κ2) is 7.79. The fourth-order valence-corrected chi connectivity index (χ4v) is 5.88. The molecule has 0 radical (unpaired) electrons. The Labute approximate surface area is 162 Å². The van der Waals surface area contributed by atoms with E-state index in [2.05, 4.69) is 21.6 Å². The van der Waals surface area contributed by atoms with Crippen molar-refractivity contribution in [3.63, 3.8) is 0 Å². The Kier molecular flexibility index (Phi) is 5.58. The van der Waals surface area contributed by atoms with Crippen LogP contribution in [0.1, 0.15) is 30.4 Å². The molecule has 1 aromatic rings. The first-order valence-corrected chi connectivity index (χ1v) is 11.6. The monoisotopic (exact) mass is 393 g/mol. The number of likely N-dealkylation sites (tertiary alicyclic amines) is 1. The Hall–Kier alpha value is -0.990. The first kappa shape index (κ1) is 19.3. The van der Waals surface area contributed by atoms with Gasteiger partial charge in [-0.3, -0.25) is 4.90 Å². The van der Waals surface area contributed by atoms with Crippen molar-refractivity contribution in [3.05, 3.63) is 29.3 Å². The van der Waals surface area contributed by atoms with Crippen molar-refractivity contribution in [1.29, 1.82) is 0 Å². The number of benzene rings is 1. The van der Waals surface area contributed by atoms with E-state index < -0.39 is 10.0 Å². The first-order chi connectivity index (χ1) is 13.0. The van der Waals surface area contributed by atoms with Crippen LogP contribution in [0.2, 0.25) is 0 Å². The van der Waals surface area contributed by atoms with E-state index in [0.29, 0.717) is 11.4 Å². The standard InChI is InChI=1S/C20H31N3O3S/c1-22-9-7-20(8-10-22,23-11-13-26-14-12-23)16-21-27(24,25)19-6-5-17-3-2-4-18(17)15-19/h5-6,15,21H,2-4,7-14,16H2,1H3. The average Bonchev–Trinajstić information content (AvgIpc) is 3.16. The van der Waals surface area contributed by atoms with Crippen molar-refractivity contribution < 1.29 is 13.2 Å². The van der Waals surface area contributed by atoms with Crippen LogP contribution in [0, 0.1) is 0 Å². The molecule has 2 aliphatic heterocycles. The third kappa shape index (κ3) is 4.07. The number of piperidine rings is 1. The van der Waals surface area contributed by atoms with Gasteiger partial charge in [-0.05, 0) is 75.5 Å². The highest BCUT2D eigenvalue weighted by Gasteiger charge is 2.40. The third-order valence-electron chi connectivity index (χ3n) is 6.57. The molecule has 27 heavy (non-hydrogen) atoms. The van der Waals surface area contributed by atoms with Crippen LogP contribution in [0.5, 0.6) is 0 Å². The van der Waals surface area contributed by atoms with Crippen LogP contribution >= 0.6 is 0 Å². The lowest BCUT2D eigenvalue weighted by atomic mass is 9.85. The molecule has 0 amide bonds. The molecule has 6 nitrogen and oxygen atoms in total. The van der Waals surface area contributed by atoms with Crippen LogP contribution in [-0.4, -0.2) is 76.7 Å². The molecule has 7 heteroatoms. The molecule has 4 rings (SSSR count). The summed E-state index contributed by atoms with van der Waals surface area (Å²) in [7, 11) is -1.36. The molecule has 0 bridgehead atoms. The van der Waals surface area contributed by atoms with Gasteiger partial charge < -0.3 is 9.64 Å². The molecular formula is C20H31N3O3S. The SMILES string of the molecule is CN1CCC(CNS(=O)(=O)c2ccc3c(c2)CCC3)(N2CCOCC2)CC1. The van der Waals surface area contributed by atoms with E-state index in [1.807, 2.05) is 12.1 Å². The van der Waals surface area contributed by atoms with Gasteiger partial charge in [-0.15, -0.1) is 0 Å². The molecule has 2 saturated heterocycles. The zero-order valence-corrected chi connectivity index (χ0v) is 17.1. The Bertz CT molecular complexity index is 767. The van der Waals surface area contributed by atoms with Gasteiger partial charge >= 0.3 is 0 Å². The maximum absolute atomic E-state index is 13.0. The van der Waals surface area contributed by atoms with Gasteiger partial charge in [0.15, 0.2) is 0 Å². The topological polar surface area (TPSA) is 61.9 Å². The van der Waals surface area contributed by atoms with Crippen LogP contribution in [0.4, 0.5) is 0 Å². The lowest BCUT2D eigenvalue weighted by Crippen LogP contribution is -2.62. The van der Waals surface area contributed by atoms with Gasteiger partial charge in [0.05, 0.1) is 18.1 Å². The molecule has 0 saturated carbocycles. The molecule has 0 unspecified atom stereocenters. The van der Waals surface area contributed by atoms with Crippen LogP contribution < -0.4 is 4.72 Å². The van der Waals surface area contributed by atoms with Crippen LogP contribution in [-0.2, 0) is 27.6 Å². The molecule has 1 N–H and O–H groups in total. The van der Waals surface area contributed by atoms with Gasteiger partial charge in [-0.25, -0.2) is 13.1 Å². The first-order valence-electron chi connectivity index (χ1n) is 10.1. The molecule has 1 aliphatic carbocycles. The summed E-state index contributed by atoms with van der Waals surface area (Å²) in [5, 5.41) is 0. The maximum atomic E-state index is 13.0. The lowest BCUT2D eigenvalue weighted by molar-refractivity contribution is -0.0427. The summed E-state index contributed by atoms with van der Waals surface area (Å²) in [5.74, 6) is 0. The number of aryl methyl sites for hydroxylation is 2. The van der Waals surface area contributed by atoms with Gasteiger partial charge in [-0.2, -0.15) is 0 Å². The number of nitrogens with zero attached hydrogens (tertiary/aromatic N) is 2. The van der Waals surface area contributed by atoms with Crippen molar-refractivity contribution in [1.82, 2.24) is 14.5 Å². The molecule has 0 aromatic heterocycles. The highest BCUT2D eigenvalue weighted by atomic mass is 32.2. The normalized spacial score (nSPS) is 24.0. The Morgan fingerprint density at radius 3 is 2.52 bits per heavy atom. The Morgan fingerprint density at radius 2 is 1.78 bits per heavy atom. The van der Waals surface area contributed by atoms with Gasteiger partial charge in [0.2, 0.25) is 10.0 Å². The number of sulfonamides is 1. The minimum absolute atomic E-state index is 0.111. The van der Waals surface area contributed by atoms with Gasteiger partial charge in [0, 0.05) is 25.2 Å². The number of rotatable bonds is 5. The fraction of sp³-hybridized carbons (Fsp3) is 0.700. The summed E-state index contributed by atoms with van der Waals surface area (Å²) in [6.45, 7) is 5.69. The van der Waals surface area contributed by atoms with E-state index in [4.69, 9.17) is 4.74 Å². The minimum Gasteiger partial charge on any atom is -0.379 e. The Morgan fingerprint density at radius 1 is 1.07 bits per heavy atom. The predicted octanol–water partition coefficient (Wildman–Crippen LogP) is 1.25. The van der Waals surface area contributed by atoms with E-state index >= 15 is 0 Å². The quantitative estimate of drug-likeness (QED) is 0.816. The fourth-order valence-electron chi connectivity index (χ4n) is 4.71. The van der Waals surface area contributed by atoms with Crippen molar-refractivity contribution in [2.75, 3.05) is 53.0 Å². The van der Waals surface area contributed by atoms with Gasteiger partial charge in [0.25, 0.3) is 0 Å². The van der Waals surface area contributed by atoms with Crippen molar-refractivity contribution in [3.8, 4) is 0 Å². The van der Waals surface area contributed by atoms with Crippen LogP contribution in [0.3, 0.4) is 0 Å². The largest absolute Gasteiger partial charge is 0.379 e. The maximum Gasteiger partial charge on any atom is 0.240 e. The highest BCUT2D eigenvalue weighted by Crippen LogP contribution is 2.30. The molecule has 1 aromatic carbocycles. The number of ether oxygens (including phenoxy) is 1. The van der Waals surface area contributed by atoms with E-state index in [1.165, 1.54) is 11.1 Å². The van der Waals surface area contributed by atoms with Crippen molar-refractivity contribution in [2.45, 2.75) is 42.5 Å². The number of fused-ring (bicyclic) bond motifs is 1. The van der Waals surface area contributed by atoms with E-state index in [0.717, 1.165) is 71.5 Å². The van der Waals surface area contributed by atoms with Crippen molar-refractivity contribution in [2.24, 2.45) is 0 Å². The summed E-state index contributed by atoms with van der Waals surface area (Å²) in [5.41, 5.74) is 2.38. The molecule has 150 valence electrons. The predicted molar refractivity (Wildman–Crippen MR) is 106 cm³/mol. The second-order valence-corrected chi connectivity index (χ2v) is 10.0. The zero-order valence-electron chi connectivity index (χ0n) is 16.2. The summed E-state index contributed by atoms with van der Waals surface area (Å²) < 4.78 is 34.5. The Balaban J connectivity index is 1.51. The number of hydrogen-bond donors (Lipinski definition) is 1. The molecule has 0 atom stereocenters. The van der Waals surface area contributed by atoms with E-state index in [-0.39, 0.29) is 5.54 Å². The molecule has 0 spiro atoms. The van der Waals surface area contributed by atoms with E-state index in [1.54, 1.807) is 6.07 Å². The van der Waals surface area contributed by atoms with Gasteiger partial charge in [-0.1, -0.05) is 6.07 Å². The third-order valence-corrected chi connectivity index (χ3v) is 7.97.